The zero-order chi connectivity index (χ0) is 14.8. The van der Waals surface area contributed by atoms with E-state index < -0.39 is 10.0 Å². The molecule has 0 aromatic carbocycles. The summed E-state index contributed by atoms with van der Waals surface area (Å²) in [5, 5.41) is 6.15. The van der Waals surface area contributed by atoms with Crippen LogP contribution in [0.4, 0.5) is 0 Å². The van der Waals surface area contributed by atoms with Crippen LogP contribution in [0.25, 0.3) is 0 Å². The van der Waals surface area contributed by atoms with Crippen LogP contribution in [0.1, 0.15) is 39.0 Å². The summed E-state index contributed by atoms with van der Waals surface area (Å²) in [6.45, 7) is 4.63. The van der Waals surface area contributed by atoms with Crippen LogP contribution in [0.2, 0.25) is 0 Å². The van der Waals surface area contributed by atoms with E-state index in [1.807, 2.05) is 0 Å². The summed E-state index contributed by atoms with van der Waals surface area (Å²) in [7, 11) is -3.11. The molecule has 21 heavy (non-hydrogen) atoms. The number of amides is 1. The van der Waals surface area contributed by atoms with Crippen molar-refractivity contribution < 1.29 is 13.2 Å². The summed E-state index contributed by atoms with van der Waals surface area (Å²) in [5.41, 5.74) is 0. The number of hydrogen-bond acceptors (Lipinski definition) is 4. The Morgan fingerprint density at radius 3 is 2.52 bits per heavy atom. The van der Waals surface area contributed by atoms with Crippen molar-refractivity contribution in [1.82, 2.24) is 15.4 Å². The van der Waals surface area contributed by atoms with E-state index in [9.17, 15) is 13.2 Å². The highest BCUT2D eigenvalue weighted by molar-refractivity contribution is 7.89. The van der Waals surface area contributed by atoms with Gasteiger partial charge >= 0.3 is 0 Å². The van der Waals surface area contributed by atoms with Crippen LogP contribution in [0.5, 0.6) is 0 Å². The number of hydrogen-bond donors (Lipinski definition) is 3. The second-order valence-corrected chi connectivity index (χ2v) is 7.33. The van der Waals surface area contributed by atoms with Gasteiger partial charge in [0.25, 0.3) is 0 Å². The monoisotopic (exact) mass is 341 g/mol. The fourth-order valence-electron chi connectivity index (χ4n) is 2.24. The van der Waals surface area contributed by atoms with E-state index in [1.54, 1.807) is 6.92 Å². The van der Waals surface area contributed by atoms with Crippen molar-refractivity contribution in [3.63, 3.8) is 0 Å². The molecule has 3 N–H and O–H groups in total. The maximum atomic E-state index is 11.6. The van der Waals surface area contributed by atoms with Crippen molar-refractivity contribution in [3.05, 3.63) is 0 Å². The summed E-state index contributed by atoms with van der Waals surface area (Å²) in [6, 6.07) is 0. The van der Waals surface area contributed by atoms with Crippen LogP contribution in [0, 0.1) is 5.92 Å². The largest absolute Gasteiger partial charge is 0.356 e. The highest BCUT2D eigenvalue weighted by Gasteiger charge is 2.14. The van der Waals surface area contributed by atoms with Crippen molar-refractivity contribution >= 4 is 28.3 Å². The third kappa shape index (κ3) is 10.1. The Kier molecular flexibility index (Phi) is 11.0. The highest BCUT2D eigenvalue weighted by atomic mass is 35.5. The molecule has 1 fully saturated rings. The van der Waals surface area contributed by atoms with Crippen molar-refractivity contribution in [2.24, 2.45) is 5.92 Å². The Balaban J connectivity index is 0.00000400. The molecule has 6 nitrogen and oxygen atoms in total. The average molecular weight is 342 g/mol. The lowest BCUT2D eigenvalue weighted by Gasteiger charge is -2.22. The number of sulfonamides is 1. The minimum Gasteiger partial charge on any atom is -0.356 e. The normalized spacial score (nSPS) is 16.2. The van der Waals surface area contributed by atoms with Crippen LogP contribution in [-0.4, -0.2) is 46.3 Å². The minimum absolute atomic E-state index is 0. The van der Waals surface area contributed by atoms with Gasteiger partial charge in [0.05, 0.1) is 5.75 Å². The zero-order valence-electron chi connectivity index (χ0n) is 12.7. The van der Waals surface area contributed by atoms with E-state index in [-0.39, 0.29) is 24.1 Å². The van der Waals surface area contributed by atoms with E-state index in [1.165, 1.54) is 0 Å². The van der Waals surface area contributed by atoms with E-state index in [0.29, 0.717) is 31.8 Å². The number of carbonyl (C=O) groups excluding carboxylic acids is 1. The first kappa shape index (κ1) is 20.6. The Morgan fingerprint density at radius 2 is 1.90 bits per heavy atom. The summed E-state index contributed by atoms with van der Waals surface area (Å²) in [6.07, 6.45) is 4.47. The number of rotatable bonds is 9. The second-order valence-electron chi connectivity index (χ2n) is 5.23. The molecule has 8 heteroatoms. The molecular formula is C13H28ClN3O3S. The van der Waals surface area contributed by atoms with Crippen LogP contribution in [0.3, 0.4) is 0 Å². The summed E-state index contributed by atoms with van der Waals surface area (Å²) in [4.78, 5) is 11.6. The molecule has 0 aliphatic carbocycles. The Morgan fingerprint density at radius 1 is 1.24 bits per heavy atom. The van der Waals surface area contributed by atoms with Crippen molar-refractivity contribution in [2.75, 3.05) is 31.9 Å². The first-order valence-electron chi connectivity index (χ1n) is 7.48. The van der Waals surface area contributed by atoms with Gasteiger partial charge in [-0.05, 0) is 51.6 Å². The molecular weight excluding hydrogens is 314 g/mol. The van der Waals surface area contributed by atoms with Crippen LogP contribution in [-0.2, 0) is 14.8 Å². The molecule has 1 saturated heterocycles. The van der Waals surface area contributed by atoms with Gasteiger partial charge in [0.15, 0.2) is 0 Å². The van der Waals surface area contributed by atoms with Crippen LogP contribution in [0.15, 0.2) is 0 Å². The van der Waals surface area contributed by atoms with Crippen LogP contribution >= 0.6 is 12.4 Å². The SMILES string of the molecule is CCS(=O)(=O)NCCCNC(=O)CCC1CCNCC1.Cl. The molecule has 0 bridgehead atoms. The zero-order valence-corrected chi connectivity index (χ0v) is 14.3. The lowest BCUT2D eigenvalue weighted by atomic mass is 9.93. The topological polar surface area (TPSA) is 87.3 Å². The van der Waals surface area contributed by atoms with Gasteiger partial charge in [0.2, 0.25) is 15.9 Å². The van der Waals surface area contributed by atoms with Crippen molar-refractivity contribution in [3.8, 4) is 0 Å². The smallest absolute Gasteiger partial charge is 0.220 e. The molecule has 1 aliphatic heterocycles. The van der Waals surface area contributed by atoms with Gasteiger partial charge in [-0.1, -0.05) is 0 Å². The lowest BCUT2D eigenvalue weighted by Crippen LogP contribution is -2.31. The van der Waals surface area contributed by atoms with Gasteiger partial charge in [-0.25, -0.2) is 13.1 Å². The molecule has 1 heterocycles. The van der Waals surface area contributed by atoms with E-state index >= 15 is 0 Å². The van der Waals surface area contributed by atoms with E-state index in [4.69, 9.17) is 0 Å². The quantitative estimate of drug-likeness (QED) is 0.537. The molecule has 0 radical (unpaired) electrons. The molecule has 126 valence electrons. The summed E-state index contributed by atoms with van der Waals surface area (Å²) in [5.74, 6) is 0.829. The maximum Gasteiger partial charge on any atom is 0.220 e. The van der Waals surface area contributed by atoms with Gasteiger partial charge in [-0.15, -0.1) is 12.4 Å². The Labute approximate surface area is 134 Å². The van der Waals surface area contributed by atoms with E-state index in [0.717, 1.165) is 32.4 Å². The average Bonchev–Trinajstić information content (AvgIpc) is 2.46. The molecule has 0 spiro atoms. The third-order valence-electron chi connectivity index (χ3n) is 3.62. The Bertz CT molecular complexity index is 384. The predicted molar refractivity (Wildman–Crippen MR) is 87.2 cm³/mol. The molecule has 0 aromatic rings. The van der Waals surface area contributed by atoms with Crippen molar-refractivity contribution in [1.29, 1.82) is 0 Å². The second kappa shape index (κ2) is 11.2. The van der Waals surface area contributed by atoms with Gasteiger partial charge in [0.1, 0.15) is 0 Å². The molecule has 0 saturated carbocycles. The molecule has 0 atom stereocenters. The third-order valence-corrected chi connectivity index (χ3v) is 5.02. The summed E-state index contributed by atoms with van der Waals surface area (Å²) >= 11 is 0. The Hall–Kier alpha value is -0.370. The van der Waals surface area contributed by atoms with Gasteiger partial charge in [0, 0.05) is 19.5 Å². The fraction of sp³-hybridized carbons (Fsp3) is 0.923. The number of piperidine rings is 1. The summed E-state index contributed by atoms with van der Waals surface area (Å²) < 4.78 is 24.8. The molecule has 1 amide bonds. The first-order valence-corrected chi connectivity index (χ1v) is 9.13. The number of nitrogens with one attached hydrogen (secondary N) is 3. The van der Waals surface area contributed by atoms with Crippen molar-refractivity contribution in [2.45, 2.75) is 39.0 Å². The van der Waals surface area contributed by atoms with Crippen LogP contribution < -0.4 is 15.4 Å². The molecule has 0 unspecified atom stereocenters. The first-order chi connectivity index (χ1) is 9.53. The maximum absolute atomic E-state index is 11.6. The number of carbonyl (C=O) groups is 1. The fourth-order valence-corrected chi connectivity index (χ4v) is 2.90. The van der Waals surface area contributed by atoms with Gasteiger partial charge in [-0.2, -0.15) is 0 Å². The molecule has 1 rings (SSSR count). The van der Waals surface area contributed by atoms with E-state index in [2.05, 4.69) is 15.4 Å². The molecule has 1 aliphatic rings. The van der Waals surface area contributed by atoms with Gasteiger partial charge in [-0.3, -0.25) is 4.79 Å². The van der Waals surface area contributed by atoms with Gasteiger partial charge < -0.3 is 10.6 Å². The molecule has 0 aromatic heterocycles. The lowest BCUT2D eigenvalue weighted by molar-refractivity contribution is -0.121. The highest BCUT2D eigenvalue weighted by Crippen LogP contribution is 2.17. The minimum atomic E-state index is -3.11. The predicted octanol–water partition coefficient (Wildman–Crippen LogP) is 0.634. The number of halogens is 1. The standard InChI is InChI=1S/C13H27N3O3S.ClH/c1-2-20(18,19)16-9-3-8-15-13(17)5-4-12-6-10-14-11-7-12;/h12,14,16H,2-11H2,1H3,(H,15,17);1H.